The van der Waals surface area contributed by atoms with Gasteiger partial charge in [-0.3, -0.25) is 14.8 Å². The van der Waals surface area contributed by atoms with Gasteiger partial charge in [0.15, 0.2) is 5.84 Å². The fourth-order valence-electron chi connectivity index (χ4n) is 1.64. The number of hydrogen-bond donors (Lipinski definition) is 1. The molecule has 0 atom stereocenters. The number of hydrogen-bond acceptors (Lipinski definition) is 6. The summed E-state index contributed by atoms with van der Waals surface area (Å²) < 4.78 is 1.36. The van der Waals surface area contributed by atoms with E-state index < -0.39 is 10.9 Å². The van der Waals surface area contributed by atoms with Crippen molar-refractivity contribution in [2.24, 2.45) is 10.9 Å². The van der Waals surface area contributed by atoms with Crippen LogP contribution in [0, 0.1) is 17.0 Å². The molecule has 0 bridgehead atoms. The lowest BCUT2D eigenvalue weighted by Gasteiger charge is -2.03. The zero-order valence-corrected chi connectivity index (χ0v) is 12.7. The van der Waals surface area contributed by atoms with Gasteiger partial charge in [-0.2, -0.15) is 5.10 Å². The molecule has 9 nitrogen and oxygen atoms in total. The molecular formula is C13H12ClN5O4. The number of nitro benzene ring substituents is 1. The summed E-state index contributed by atoms with van der Waals surface area (Å²) in [6, 6.07) is 5.35. The monoisotopic (exact) mass is 337 g/mol. The third-order valence-electron chi connectivity index (χ3n) is 2.94. The first-order chi connectivity index (χ1) is 10.9. The molecule has 0 saturated heterocycles. The second-order valence-electron chi connectivity index (χ2n) is 4.48. The number of aromatic nitrogens is 2. The molecule has 0 saturated carbocycles. The van der Waals surface area contributed by atoms with Crippen molar-refractivity contribution in [3.05, 3.63) is 56.9 Å². The smallest absolute Gasteiger partial charge is 0.356 e. The van der Waals surface area contributed by atoms with Crippen LogP contribution in [0.25, 0.3) is 0 Å². The molecule has 1 aromatic carbocycles. The Morgan fingerprint density at radius 1 is 1.48 bits per heavy atom. The number of nitrogens with two attached hydrogens (primary N) is 1. The van der Waals surface area contributed by atoms with Gasteiger partial charge in [-0.25, -0.2) is 4.79 Å². The van der Waals surface area contributed by atoms with Crippen LogP contribution in [0.15, 0.2) is 35.6 Å². The van der Waals surface area contributed by atoms with Crippen LogP contribution in [0.1, 0.15) is 11.3 Å². The normalized spacial score (nSPS) is 11.3. The van der Waals surface area contributed by atoms with Crippen LogP contribution in [0.5, 0.6) is 0 Å². The van der Waals surface area contributed by atoms with Crippen molar-refractivity contribution in [3.63, 3.8) is 0 Å². The van der Waals surface area contributed by atoms with Crippen LogP contribution in [-0.4, -0.2) is 26.5 Å². The zero-order valence-electron chi connectivity index (χ0n) is 12.0. The molecule has 120 valence electrons. The first-order valence-corrected chi connectivity index (χ1v) is 6.72. The Balaban J connectivity index is 1.99. The van der Waals surface area contributed by atoms with Crippen molar-refractivity contribution in [2.75, 3.05) is 0 Å². The zero-order chi connectivity index (χ0) is 17.0. The SMILES string of the molecule is Cc1c(Cl)cnn1CC(=O)O/N=C(\N)c1ccc([N+](=O)[O-])cc1. The van der Waals surface area contributed by atoms with Gasteiger partial charge >= 0.3 is 5.97 Å². The quantitative estimate of drug-likeness (QED) is 0.290. The summed E-state index contributed by atoms with van der Waals surface area (Å²) in [4.78, 5) is 26.4. The van der Waals surface area contributed by atoms with E-state index in [0.29, 0.717) is 16.3 Å². The highest BCUT2D eigenvalue weighted by Gasteiger charge is 2.11. The largest absolute Gasteiger partial charge is 0.380 e. The fourth-order valence-corrected chi connectivity index (χ4v) is 1.78. The molecule has 0 aliphatic heterocycles. The van der Waals surface area contributed by atoms with Crippen molar-refractivity contribution in [1.82, 2.24) is 9.78 Å². The third kappa shape index (κ3) is 4.04. The molecule has 2 aromatic rings. The number of non-ortho nitro benzene ring substituents is 1. The summed E-state index contributed by atoms with van der Waals surface area (Å²) in [6.45, 7) is 1.53. The van der Waals surface area contributed by atoms with Crippen molar-refractivity contribution in [1.29, 1.82) is 0 Å². The molecule has 0 spiro atoms. The minimum absolute atomic E-state index is 0.0791. The third-order valence-corrected chi connectivity index (χ3v) is 3.31. The molecule has 2 rings (SSSR count). The lowest BCUT2D eigenvalue weighted by atomic mass is 10.2. The molecule has 0 radical (unpaired) electrons. The molecular weight excluding hydrogens is 326 g/mol. The highest BCUT2D eigenvalue weighted by Crippen LogP contribution is 2.13. The standard InChI is InChI=1S/C13H12ClN5O4/c1-8-11(14)6-16-18(8)7-12(20)23-17-13(15)9-2-4-10(5-3-9)19(21)22/h2-6H,7H2,1H3,(H2,15,17). The van der Waals surface area contributed by atoms with Crippen molar-refractivity contribution in [3.8, 4) is 0 Å². The van der Waals surface area contributed by atoms with E-state index in [9.17, 15) is 14.9 Å². The van der Waals surface area contributed by atoms with E-state index in [1.165, 1.54) is 35.1 Å². The Kier molecular flexibility index (Phi) is 4.91. The summed E-state index contributed by atoms with van der Waals surface area (Å²) in [6.07, 6.45) is 1.42. The van der Waals surface area contributed by atoms with Crippen LogP contribution in [0.3, 0.4) is 0 Å². The number of benzene rings is 1. The van der Waals surface area contributed by atoms with Crippen LogP contribution >= 0.6 is 11.6 Å². The average Bonchev–Trinajstić information content (AvgIpc) is 2.84. The van der Waals surface area contributed by atoms with Gasteiger partial charge in [0.1, 0.15) is 6.54 Å². The molecule has 0 unspecified atom stereocenters. The predicted molar refractivity (Wildman–Crippen MR) is 81.9 cm³/mol. The Labute approximate surface area is 135 Å². The summed E-state index contributed by atoms with van der Waals surface area (Å²) in [5.74, 6) is -0.763. The number of carbonyl (C=O) groups is 1. The van der Waals surface area contributed by atoms with E-state index in [2.05, 4.69) is 10.3 Å². The number of halogens is 1. The second-order valence-corrected chi connectivity index (χ2v) is 4.89. The van der Waals surface area contributed by atoms with E-state index in [4.69, 9.17) is 22.2 Å². The number of nitro groups is 1. The Morgan fingerprint density at radius 2 is 2.13 bits per heavy atom. The van der Waals surface area contributed by atoms with Crippen LogP contribution in [0.2, 0.25) is 5.02 Å². The Hall–Kier alpha value is -2.94. The maximum atomic E-state index is 11.7. The molecule has 0 aliphatic rings. The summed E-state index contributed by atoms with van der Waals surface area (Å²) in [5.41, 5.74) is 6.59. The number of oxime groups is 1. The van der Waals surface area contributed by atoms with E-state index >= 15 is 0 Å². The van der Waals surface area contributed by atoms with Gasteiger partial charge in [0.25, 0.3) is 5.69 Å². The van der Waals surface area contributed by atoms with E-state index in [1.54, 1.807) is 6.92 Å². The van der Waals surface area contributed by atoms with Gasteiger partial charge in [-0.15, -0.1) is 0 Å². The minimum atomic E-state index is -0.683. The van der Waals surface area contributed by atoms with Gasteiger partial charge in [-0.05, 0) is 19.1 Å². The molecule has 10 heteroatoms. The molecule has 0 fully saturated rings. The average molecular weight is 338 g/mol. The van der Waals surface area contributed by atoms with Gasteiger partial charge < -0.3 is 10.6 Å². The lowest BCUT2D eigenvalue weighted by Crippen LogP contribution is -2.18. The molecule has 0 aliphatic carbocycles. The summed E-state index contributed by atoms with van der Waals surface area (Å²) >= 11 is 5.82. The number of amidine groups is 1. The number of rotatable bonds is 5. The molecule has 23 heavy (non-hydrogen) atoms. The van der Waals surface area contributed by atoms with Gasteiger partial charge in [0.2, 0.25) is 0 Å². The first kappa shape index (κ1) is 16.4. The molecule has 0 amide bonds. The van der Waals surface area contributed by atoms with E-state index in [-0.39, 0.29) is 18.1 Å². The van der Waals surface area contributed by atoms with Crippen LogP contribution in [0.4, 0.5) is 5.69 Å². The highest BCUT2D eigenvalue weighted by atomic mass is 35.5. The topological polar surface area (TPSA) is 126 Å². The maximum Gasteiger partial charge on any atom is 0.356 e. The predicted octanol–water partition coefficient (Wildman–Crippen LogP) is 1.62. The Morgan fingerprint density at radius 3 is 2.65 bits per heavy atom. The van der Waals surface area contributed by atoms with E-state index in [1.807, 2.05) is 0 Å². The van der Waals surface area contributed by atoms with Gasteiger partial charge in [0, 0.05) is 17.7 Å². The van der Waals surface area contributed by atoms with Gasteiger partial charge in [0.05, 0.1) is 21.8 Å². The maximum absolute atomic E-state index is 11.7. The molecule has 1 heterocycles. The Bertz CT molecular complexity index is 769. The van der Waals surface area contributed by atoms with Crippen molar-refractivity contribution in [2.45, 2.75) is 13.5 Å². The molecule has 1 aromatic heterocycles. The first-order valence-electron chi connectivity index (χ1n) is 6.34. The highest BCUT2D eigenvalue weighted by molar-refractivity contribution is 6.31. The van der Waals surface area contributed by atoms with Gasteiger partial charge in [-0.1, -0.05) is 16.8 Å². The van der Waals surface area contributed by atoms with Crippen LogP contribution in [-0.2, 0) is 16.2 Å². The fraction of sp³-hybridized carbons (Fsp3) is 0.154. The van der Waals surface area contributed by atoms with Crippen LogP contribution < -0.4 is 5.73 Å². The lowest BCUT2D eigenvalue weighted by molar-refractivity contribution is -0.384. The second kappa shape index (κ2) is 6.88. The van der Waals surface area contributed by atoms with Crippen molar-refractivity contribution >= 4 is 29.1 Å². The minimum Gasteiger partial charge on any atom is -0.380 e. The van der Waals surface area contributed by atoms with Crippen molar-refractivity contribution < 1.29 is 14.6 Å². The number of carbonyl (C=O) groups excluding carboxylic acids is 1. The van der Waals surface area contributed by atoms with E-state index in [0.717, 1.165) is 0 Å². The summed E-state index contributed by atoms with van der Waals surface area (Å²) in [5, 5.41) is 18.4. The number of nitrogens with zero attached hydrogens (tertiary/aromatic N) is 4. The molecule has 2 N–H and O–H groups in total. The summed E-state index contributed by atoms with van der Waals surface area (Å²) in [7, 11) is 0.